The topological polar surface area (TPSA) is 54.5 Å². The van der Waals surface area contributed by atoms with E-state index in [1.165, 1.54) is 0 Å². The summed E-state index contributed by atoms with van der Waals surface area (Å²) in [5, 5.41) is 2.88. The van der Waals surface area contributed by atoms with E-state index in [4.69, 9.17) is 4.74 Å². The molecule has 0 saturated carbocycles. The first-order valence-electron chi connectivity index (χ1n) is 7.78. The number of carbonyl (C=O) groups is 1. The number of benzene rings is 1. The smallest absolute Gasteiger partial charge is 0.322 e. The molecule has 0 aliphatic rings. The maximum Gasteiger partial charge on any atom is 0.322 e. The quantitative estimate of drug-likeness (QED) is 0.807. The fraction of sp³-hybridized carbons (Fsp3) is 0.263. The van der Waals surface area contributed by atoms with Gasteiger partial charge in [0.15, 0.2) is 0 Å². The number of aromatic nitrogens is 1. The maximum absolute atomic E-state index is 12.4. The van der Waals surface area contributed by atoms with Gasteiger partial charge in [0, 0.05) is 31.2 Å². The first-order chi connectivity index (χ1) is 11.5. The summed E-state index contributed by atoms with van der Waals surface area (Å²) < 4.78 is 5.59. The van der Waals surface area contributed by atoms with Crippen LogP contribution in [0.5, 0.6) is 5.75 Å². The van der Waals surface area contributed by atoms with Crippen molar-refractivity contribution in [3.8, 4) is 5.75 Å². The summed E-state index contributed by atoms with van der Waals surface area (Å²) in [6.07, 6.45) is 3.48. The summed E-state index contributed by atoms with van der Waals surface area (Å²) in [5.41, 5.74) is 2.60. The number of amides is 2. The van der Waals surface area contributed by atoms with E-state index in [2.05, 4.69) is 16.9 Å². The van der Waals surface area contributed by atoms with Gasteiger partial charge in [0.1, 0.15) is 12.4 Å². The van der Waals surface area contributed by atoms with Gasteiger partial charge in [-0.15, -0.1) is 0 Å². The molecule has 1 aromatic carbocycles. The predicted octanol–water partition coefficient (Wildman–Crippen LogP) is 4.26. The minimum absolute atomic E-state index is 0.0819. The van der Waals surface area contributed by atoms with E-state index in [0.717, 1.165) is 11.1 Å². The average Bonchev–Trinajstić information content (AvgIpc) is 2.59. The standard InChI is InChI=1S/C19H23N3O2/c1-14(2)13-24-18-9-5-8-17(11-18)21-19(23)22(4)15(3)16-7-6-10-20-12-16/h5-12,15H,1,13H2,2-4H3,(H,21,23)/t15-/m1/s1. The molecule has 5 heteroatoms. The highest BCUT2D eigenvalue weighted by atomic mass is 16.5. The first-order valence-corrected chi connectivity index (χ1v) is 7.78. The van der Waals surface area contributed by atoms with E-state index in [-0.39, 0.29) is 12.1 Å². The third kappa shape index (κ3) is 4.84. The van der Waals surface area contributed by atoms with E-state index in [9.17, 15) is 4.79 Å². The van der Waals surface area contributed by atoms with Crippen molar-refractivity contribution in [2.24, 2.45) is 0 Å². The van der Waals surface area contributed by atoms with E-state index < -0.39 is 0 Å². The highest BCUT2D eigenvalue weighted by molar-refractivity contribution is 5.89. The summed E-state index contributed by atoms with van der Waals surface area (Å²) in [6, 6.07) is 10.9. The second-order valence-electron chi connectivity index (χ2n) is 5.78. The number of hydrogen-bond donors (Lipinski definition) is 1. The van der Waals surface area contributed by atoms with Crippen molar-refractivity contribution in [3.05, 3.63) is 66.5 Å². The molecule has 0 fully saturated rings. The Labute approximate surface area is 143 Å². The number of nitrogens with zero attached hydrogens (tertiary/aromatic N) is 2. The van der Waals surface area contributed by atoms with Crippen LogP contribution in [0.3, 0.4) is 0 Å². The van der Waals surface area contributed by atoms with E-state index in [0.29, 0.717) is 18.0 Å². The van der Waals surface area contributed by atoms with Crippen LogP contribution in [0.15, 0.2) is 60.9 Å². The Morgan fingerprint density at radius 2 is 2.17 bits per heavy atom. The van der Waals surface area contributed by atoms with Crippen molar-refractivity contribution in [1.82, 2.24) is 9.88 Å². The molecule has 126 valence electrons. The zero-order valence-corrected chi connectivity index (χ0v) is 14.3. The number of nitrogens with one attached hydrogen (secondary N) is 1. The molecule has 2 amide bonds. The largest absolute Gasteiger partial charge is 0.489 e. The minimum atomic E-state index is -0.191. The van der Waals surface area contributed by atoms with Crippen molar-refractivity contribution in [1.29, 1.82) is 0 Å². The molecular formula is C19H23N3O2. The molecule has 0 aliphatic heterocycles. The molecule has 0 aliphatic carbocycles. The number of ether oxygens (including phenoxy) is 1. The monoisotopic (exact) mass is 325 g/mol. The van der Waals surface area contributed by atoms with Gasteiger partial charge in [-0.3, -0.25) is 4.98 Å². The molecule has 1 heterocycles. The van der Waals surface area contributed by atoms with E-state index in [1.807, 2.05) is 44.2 Å². The fourth-order valence-corrected chi connectivity index (χ4v) is 2.10. The lowest BCUT2D eigenvalue weighted by Crippen LogP contribution is -2.33. The van der Waals surface area contributed by atoms with Crippen molar-refractivity contribution < 1.29 is 9.53 Å². The number of rotatable bonds is 6. The maximum atomic E-state index is 12.4. The second kappa shape index (κ2) is 8.15. The lowest BCUT2D eigenvalue weighted by molar-refractivity contribution is 0.208. The van der Waals surface area contributed by atoms with Crippen LogP contribution in [0.25, 0.3) is 0 Å². The van der Waals surface area contributed by atoms with Crippen molar-refractivity contribution in [3.63, 3.8) is 0 Å². The molecule has 5 nitrogen and oxygen atoms in total. The van der Waals surface area contributed by atoms with Crippen molar-refractivity contribution in [2.45, 2.75) is 19.9 Å². The SMILES string of the molecule is C=C(C)COc1cccc(NC(=O)N(C)[C@H](C)c2cccnc2)c1. The number of urea groups is 1. The Hall–Kier alpha value is -2.82. The number of pyridine rings is 1. The lowest BCUT2D eigenvalue weighted by atomic mass is 10.1. The second-order valence-corrected chi connectivity index (χ2v) is 5.78. The van der Waals surface area contributed by atoms with Gasteiger partial charge in [-0.2, -0.15) is 0 Å². The Morgan fingerprint density at radius 3 is 2.83 bits per heavy atom. The third-order valence-electron chi connectivity index (χ3n) is 3.64. The summed E-state index contributed by atoms with van der Waals surface area (Å²) in [6.45, 7) is 8.12. The molecule has 0 bridgehead atoms. The summed E-state index contributed by atoms with van der Waals surface area (Å²) in [4.78, 5) is 18.2. The van der Waals surface area contributed by atoms with Crippen LogP contribution >= 0.6 is 0 Å². The molecule has 0 saturated heterocycles. The molecule has 2 rings (SSSR count). The Kier molecular flexibility index (Phi) is 5.95. The molecule has 0 radical (unpaired) electrons. The van der Waals surface area contributed by atoms with Crippen LogP contribution in [-0.2, 0) is 0 Å². The molecule has 0 unspecified atom stereocenters. The van der Waals surface area contributed by atoms with Gasteiger partial charge in [0.2, 0.25) is 0 Å². The van der Waals surface area contributed by atoms with E-state index >= 15 is 0 Å². The van der Waals surface area contributed by atoms with Gasteiger partial charge >= 0.3 is 6.03 Å². The van der Waals surface area contributed by atoms with Gasteiger partial charge in [-0.25, -0.2) is 4.79 Å². The van der Waals surface area contributed by atoms with E-state index in [1.54, 1.807) is 30.4 Å². The molecular weight excluding hydrogens is 302 g/mol. The summed E-state index contributed by atoms with van der Waals surface area (Å²) >= 11 is 0. The van der Waals surface area contributed by atoms with Crippen LogP contribution < -0.4 is 10.1 Å². The van der Waals surface area contributed by atoms with Gasteiger partial charge in [0.05, 0.1) is 6.04 Å². The Balaban J connectivity index is 2.01. The van der Waals surface area contributed by atoms with Crippen LogP contribution in [0.1, 0.15) is 25.5 Å². The van der Waals surface area contributed by atoms with Crippen LogP contribution in [-0.4, -0.2) is 29.6 Å². The summed E-state index contributed by atoms with van der Waals surface area (Å²) in [5.74, 6) is 0.693. The van der Waals surface area contributed by atoms with Crippen molar-refractivity contribution >= 4 is 11.7 Å². The third-order valence-corrected chi connectivity index (χ3v) is 3.64. The molecule has 1 aromatic heterocycles. The van der Waals surface area contributed by atoms with Crippen molar-refractivity contribution in [2.75, 3.05) is 19.0 Å². The molecule has 2 aromatic rings. The highest BCUT2D eigenvalue weighted by Gasteiger charge is 2.17. The average molecular weight is 325 g/mol. The van der Waals surface area contributed by atoms with Gasteiger partial charge in [-0.1, -0.05) is 18.7 Å². The molecule has 1 N–H and O–H groups in total. The number of hydrogen-bond acceptors (Lipinski definition) is 3. The fourth-order valence-electron chi connectivity index (χ4n) is 2.10. The highest BCUT2D eigenvalue weighted by Crippen LogP contribution is 2.21. The molecule has 24 heavy (non-hydrogen) atoms. The van der Waals surface area contributed by atoms with Crippen LogP contribution in [0, 0.1) is 0 Å². The molecule has 1 atom stereocenters. The van der Waals surface area contributed by atoms with Gasteiger partial charge in [0.25, 0.3) is 0 Å². The summed E-state index contributed by atoms with van der Waals surface area (Å²) in [7, 11) is 1.76. The van der Waals surface area contributed by atoms with Gasteiger partial charge < -0.3 is 15.0 Å². The molecule has 0 spiro atoms. The van der Waals surface area contributed by atoms with Crippen LogP contribution in [0.4, 0.5) is 10.5 Å². The Morgan fingerprint density at radius 1 is 1.38 bits per heavy atom. The van der Waals surface area contributed by atoms with Crippen LogP contribution in [0.2, 0.25) is 0 Å². The predicted molar refractivity (Wildman–Crippen MR) is 96.2 cm³/mol. The normalized spacial score (nSPS) is 11.5. The zero-order valence-electron chi connectivity index (χ0n) is 14.3. The Bertz CT molecular complexity index is 701. The number of anilines is 1. The van der Waals surface area contributed by atoms with Gasteiger partial charge in [-0.05, 0) is 43.2 Å². The minimum Gasteiger partial charge on any atom is -0.489 e. The number of carbonyl (C=O) groups excluding carboxylic acids is 1. The zero-order chi connectivity index (χ0) is 17.5. The first kappa shape index (κ1) is 17.5. The lowest BCUT2D eigenvalue weighted by Gasteiger charge is -2.25.